The van der Waals surface area contributed by atoms with Crippen LogP contribution in [0.15, 0.2) is 66.7 Å². The van der Waals surface area contributed by atoms with Crippen LogP contribution in [0.25, 0.3) is 0 Å². The molecule has 0 aliphatic carbocycles. The van der Waals surface area contributed by atoms with Crippen LogP contribution in [0, 0.1) is 22.9 Å². The number of carbonyl (C=O) groups is 1. The van der Waals surface area contributed by atoms with Gasteiger partial charge < -0.3 is 14.8 Å². The first-order chi connectivity index (χ1) is 14.4. The molecule has 3 aromatic carbocycles. The van der Waals surface area contributed by atoms with Gasteiger partial charge in [0.2, 0.25) is 11.9 Å². The molecule has 0 fully saturated rings. The third-order valence-corrected chi connectivity index (χ3v) is 4.32. The molecule has 0 heterocycles. The molecule has 0 saturated heterocycles. The van der Waals surface area contributed by atoms with Gasteiger partial charge >= 0.3 is 5.69 Å². The molecule has 1 N–H and O–H groups in total. The van der Waals surface area contributed by atoms with Gasteiger partial charge in [0, 0.05) is 17.7 Å². The topological polar surface area (TPSA) is 90.7 Å². The van der Waals surface area contributed by atoms with Gasteiger partial charge in [-0.25, -0.2) is 4.39 Å². The van der Waals surface area contributed by atoms with Crippen molar-refractivity contribution in [3.05, 3.63) is 93.8 Å². The first-order valence-corrected chi connectivity index (χ1v) is 9.00. The van der Waals surface area contributed by atoms with E-state index in [1.807, 2.05) is 13.0 Å². The SMILES string of the molecule is COc1ccc(C)cc1NC(=O)[C@H](Oc1cc(F)ccc1[N+](=O)[O-])c1ccccc1. The van der Waals surface area contributed by atoms with Gasteiger partial charge in [-0.3, -0.25) is 14.9 Å². The lowest BCUT2D eigenvalue weighted by molar-refractivity contribution is -0.386. The Morgan fingerprint density at radius 2 is 1.80 bits per heavy atom. The molecular formula is C22H19FN2O5. The van der Waals surface area contributed by atoms with Crippen molar-refractivity contribution in [1.82, 2.24) is 0 Å². The van der Waals surface area contributed by atoms with E-state index in [0.717, 1.165) is 23.8 Å². The summed E-state index contributed by atoms with van der Waals surface area (Å²) in [5.74, 6) is -1.22. The summed E-state index contributed by atoms with van der Waals surface area (Å²) in [4.78, 5) is 23.7. The zero-order chi connectivity index (χ0) is 21.7. The van der Waals surface area contributed by atoms with Crippen molar-refractivity contribution >= 4 is 17.3 Å². The van der Waals surface area contributed by atoms with E-state index in [1.165, 1.54) is 7.11 Å². The molecule has 30 heavy (non-hydrogen) atoms. The van der Waals surface area contributed by atoms with Gasteiger partial charge in [-0.05, 0) is 30.7 Å². The first-order valence-electron chi connectivity index (χ1n) is 9.00. The van der Waals surface area contributed by atoms with Crippen molar-refractivity contribution < 1.29 is 23.6 Å². The standard InChI is InChI=1S/C22H19FN2O5/c1-14-8-11-19(29-2)17(12-14)24-22(26)21(15-6-4-3-5-7-15)30-20-13-16(23)9-10-18(20)25(27)28/h3-13,21H,1-2H3,(H,24,26)/t21-/m1/s1. The van der Waals surface area contributed by atoms with Crippen molar-refractivity contribution in [1.29, 1.82) is 0 Å². The number of hydrogen-bond donors (Lipinski definition) is 1. The molecule has 3 aromatic rings. The molecule has 0 aliphatic rings. The fraction of sp³-hybridized carbons (Fsp3) is 0.136. The van der Waals surface area contributed by atoms with Gasteiger partial charge in [-0.15, -0.1) is 0 Å². The number of anilines is 1. The van der Waals surface area contributed by atoms with Crippen molar-refractivity contribution in [2.45, 2.75) is 13.0 Å². The van der Waals surface area contributed by atoms with Crippen LogP contribution in [0.4, 0.5) is 15.8 Å². The fourth-order valence-corrected chi connectivity index (χ4v) is 2.88. The molecule has 0 saturated carbocycles. The zero-order valence-corrected chi connectivity index (χ0v) is 16.3. The molecule has 154 valence electrons. The van der Waals surface area contributed by atoms with Gasteiger partial charge in [-0.2, -0.15) is 0 Å². The number of methoxy groups -OCH3 is 1. The summed E-state index contributed by atoms with van der Waals surface area (Å²) in [5.41, 5.74) is 1.31. The Morgan fingerprint density at radius 3 is 2.47 bits per heavy atom. The Morgan fingerprint density at radius 1 is 1.07 bits per heavy atom. The maximum Gasteiger partial charge on any atom is 0.311 e. The summed E-state index contributed by atoms with van der Waals surface area (Å²) >= 11 is 0. The normalized spacial score (nSPS) is 11.4. The Bertz CT molecular complexity index is 1070. The molecule has 8 heteroatoms. The summed E-state index contributed by atoms with van der Waals surface area (Å²) < 4.78 is 24.7. The molecule has 0 bridgehead atoms. The van der Waals surface area contributed by atoms with Gasteiger partial charge in [0.15, 0.2) is 0 Å². The zero-order valence-electron chi connectivity index (χ0n) is 16.3. The number of nitrogens with zero attached hydrogens (tertiary/aromatic N) is 1. The maximum absolute atomic E-state index is 13.7. The number of nitro benzene ring substituents is 1. The van der Waals surface area contributed by atoms with E-state index in [1.54, 1.807) is 42.5 Å². The molecule has 7 nitrogen and oxygen atoms in total. The van der Waals surface area contributed by atoms with Crippen molar-refractivity contribution in [2.24, 2.45) is 0 Å². The minimum absolute atomic E-state index is 0.347. The van der Waals surface area contributed by atoms with Crippen LogP contribution in [0.1, 0.15) is 17.2 Å². The second-order valence-corrected chi connectivity index (χ2v) is 6.47. The van der Waals surface area contributed by atoms with Crippen molar-refractivity contribution in [3.63, 3.8) is 0 Å². The molecule has 0 spiro atoms. The van der Waals surface area contributed by atoms with E-state index in [9.17, 15) is 19.3 Å². The van der Waals surface area contributed by atoms with Crippen LogP contribution >= 0.6 is 0 Å². The van der Waals surface area contributed by atoms with Crippen molar-refractivity contribution in [2.75, 3.05) is 12.4 Å². The van der Waals surface area contributed by atoms with Crippen LogP contribution < -0.4 is 14.8 Å². The second kappa shape index (κ2) is 9.04. The lowest BCUT2D eigenvalue weighted by Crippen LogP contribution is -2.26. The largest absolute Gasteiger partial charge is 0.495 e. The number of hydrogen-bond acceptors (Lipinski definition) is 5. The second-order valence-electron chi connectivity index (χ2n) is 6.47. The van der Waals surface area contributed by atoms with Gasteiger partial charge in [0.05, 0.1) is 17.7 Å². The van der Waals surface area contributed by atoms with E-state index in [-0.39, 0.29) is 5.75 Å². The molecule has 0 radical (unpaired) electrons. The number of carbonyl (C=O) groups excluding carboxylic acids is 1. The summed E-state index contributed by atoms with van der Waals surface area (Å²) in [6.07, 6.45) is -1.27. The monoisotopic (exact) mass is 410 g/mol. The molecule has 0 unspecified atom stereocenters. The number of rotatable bonds is 7. The summed E-state index contributed by atoms with van der Waals surface area (Å²) in [6.45, 7) is 1.86. The third kappa shape index (κ3) is 4.72. The quantitative estimate of drug-likeness (QED) is 0.446. The number of benzene rings is 3. The third-order valence-electron chi connectivity index (χ3n) is 4.32. The Kier molecular flexibility index (Phi) is 6.26. The fourth-order valence-electron chi connectivity index (χ4n) is 2.88. The molecule has 3 rings (SSSR count). The average molecular weight is 410 g/mol. The Balaban J connectivity index is 1.99. The number of ether oxygens (including phenoxy) is 2. The number of aryl methyl sites for hydroxylation is 1. The molecule has 1 atom stereocenters. The predicted octanol–water partition coefficient (Wildman–Crippen LogP) is 4.81. The number of halogens is 1. The number of nitro groups is 1. The van der Waals surface area contributed by atoms with E-state index >= 15 is 0 Å². The van der Waals surface area contributed by atoms with Crippen LogP contribution in [-0.4, -0.2) is 17.9 Å². The highest BCUT2D eigenvalue weighted by atomic mass is 19.1. The van der Waals surface area contributed by atoms with Crippen molar-refractivity contribution in [3.8, 4) is 11.5 Å². The van der Waals surface area contributed by atoms with E-state index in [0.29, 0.717) is 17.0 Å². The van der Waals surface area contributed by atoms with Crippen LogP contribution in [0.5, 0.6) is 11.5 Å². The Labute approximate surface area is 172 Å². The highest BCUT2D eigenvalue weighted by molar-refractivity contribution is 5.96. The van der Waals surface area contributed by atoms with Crippen LogP contribution in [0.3, 0.4) is 0 Å². The molecular weight excluding hydrogens is 391 g/mol. The van der Waals surface area contributed by atoms with Crippen LogP contribution in [0.2, 0.25) is 0 Å². The summed E-state index contributed by atoms with van der Waals surface area (Å²) in [7, 11) is 1.47. The summed E-state index contributed by atoms with van der Waals surface area (Å²) in [6, 6.07) is 16.5. The maximum atomic E-state index is 13.7. The van der Waals surface area contributed by atoms with E-state index < -0.39 is 28.4 Å². The lowest BCUT2D eigenvalue weighted by atomic mass is 10.1. The van der Waals surface area contributed by atoms with E-state index in [4.69, 9.17) is 9.47 Å². The average Bonchev–Trinajstić information content (AvgIpc) is 2.72. The number of amides is 1. The highest BCUT2D eigenvalue weighted by Crippen LogP contribution is 2.33. The van der Waals surface area contributed by atoms with Crippen LogP contribution in [-0.2, 0) is 4.79 Å². The minimum atomic E-state index is -1.27. The molecule has 1 amide bonds. The van der Waals surface area contributed by atoms with Gasteiger partial charge in [-0.1, -0.05) is 36.4 Å². The lowest BCUT2D eigenvalue weighted by Gasteiger charge is -2.20. The predicted molar refractivity (Wildman–Crippen MR) is 109 cm³/mol. The highest BCUT2D eigenvalue weighted by Gasteiger charge is 2.27. The Hall–Kier alpha value is -3.94. The van der Waals surface area contributed by atoms with Gasteiger partial charge in [0.25, 0.3) is 5.91 Å². The smallest absolute Gasteiger partial charge is 0.311 e. The van der Waals surface area contributed by atoms with E-state index in [2.05, 4.69) is 5.32 Å². The first kappa shape index (κ1) is 20.8. The molecule has 0 aromatic heterocycles. The molecule has 0 aliphatic heterocycles. The summed E-state index contributed by atoms with van der Waals surface area (Å²) in [5, 5.41) is 14.1. The van der Waals surface area contributed by atoms with Gasteiger partial charge in [0.1, 0.15) is 11.6 Å². The number of nitrogens with one attached hydrogen (secondary N) is 1. The minimum Gasteiger partial charge on any atom is -0.495 e.